The maximum absolute atomic E-state index is 6.81. The van der Waals surface area contributed by atoms with Crippen molar-refractivity contribution < 1.29 is 23.7 Å². The van der Waals surface area contributed by atoms with Crippen molar-refractivity contribution >= 4 is 22.5 Å². The SMILES string of the molecule is CO[C@H]1O[C@H](COCc2ccccc2)[C@@H](OCc2ccccc2)[C@H](OCc2ccccc2)[C@@H]1Sc1ccc2ccccc2c1. The minimum Gasteiger partial charge on any atom is -0.374 e. The lowest BCUT2D eigenvalue weighted by Gasteiger charge is -2.45. The Labute approximate surface area is 264 Å². The van der Waals surface area contributed by atoms with Gasteiger partial charge in [-0.15, -0.1) is 11.8 Å². The Balaban J connectivity index is 1.29. The third-order valence-corrected chi connectivity index (χ3v) is 9.07. The first kappa shape index (κ1) is 30.5. The second kappa shape index (κ2) is 15.5. The topological polar surface area (TPSA) is 46.2 Å². The maximum Gasteiger partial charge on any atom is 0.172 e. The van der Waals surface area contributed by atoms with E-state index < -0.39 is 18.5 Å². The molecular formula is C38H38O5S. The normalized spacial score (nSPS) is 21.8. The number of thioether (sulfide) groups is 1. The van der Waals surface area contributed by atoms with Crippen LogP contribution in [0.1, 0.15) is 16.7 Å². The summed E-state index contributed by atoms with van der Waals surface area (Å²) in [5.41, 5.74) is 3.29. The van der Waals surface area contributed by atoms with E-state index in [-0.39, 0.29) is 11.4 Å². The average molecular weight is 607 g/mol. The van der Waals surface area contributed by atoms with Crippen LogP contribution in [-0.4, -0.2) is 43.6 Å². The van der Waals surface area contributed by atoms with E-state index in [1.54, 1.807) is 18.9 Å². The van der Waals surface area contributed by atoms with Crippen LogP contribution in [0.2, 0.25) is 0 Å². The van der Waals surface area contributed by atoms with Crippen molar-refractivity contribution in [3.8, 4) is 0 Å². The van der Waals surface area contributed by atoms with Crippen LogP contribution in [-0.2, 0) is 43.5 Å². The van der Waals surface area contributed by atoms with Crippen molar-refractivity contribution in [2.75, 3.05) is 13.7 Å². The van der Waals surface area contributed by atoms with Crippen molar-refractivity contribution in [2.24, 2.45) is 0 Å². The standard InChI is InChI=1S/C38H38O5S/c1-39-38-37(44-33-22-21-31-19-11-12-20-32(31)23-33)36(42-26-30-17-9-4-10-18-30)35(41-25-29-15-7-3-8-16-29)34(43-38)27-40-24-28-13-5-2-6-14-28/h2-23,34-38H,24-27H2,1H3/t34-,35-,36+,37+,38+/m1/s1. The molecule has 1 aliphatic rings. The van der Waals surface area contributed by atoms with Gasteiger partial charge in [0.15, 0.2) is 6.29 Å². The Morgan fingerprint density at radius 1 is 0.591 bits per heavy atom. The second-order valence-corrected chi connectivity index (χ2v) is 12.1. The van der Waals surface area contributed by atoms with Gasteiger partial charge >= 0.3 is 0 Å². The van der Waals surface area contributed by atoms with Crippen molar-refractivity contribution in [1.29, 1.82) is 0 Å². The van der Waals surface area contributed by atoms with Crippen LogP contribution >= 0.6 is 11.8 Å². The average Bonchev–Trinajstić information content (AvgIpc) is 3.08. The summed E-state index contributed by atoms with van der Waals surface area (Å²) in [6.45, 7) is 1.70. The molecule has 0 bridgehead atoms. The minimum atomic E-state index is -0.533. The molecule has 1 heterocycles. The van der Waals surface area contributed by atoms with Crippen molar-refractivity contribution in [1.82, 2.24) is 0 Å². The molecule has 6 rings (SSSR count). The minimum absolute atomic E-state index is 0.198. The lowest BCUT2D eigenvalue weighted by molar-refractivity contribution is -0.268. The van der Waals surface area contributed by atoms with Crippen molar-refractivity contribution in [2.45, 2.75) is 54.6 Å². The van der Waals surface area contributed by atoms with Crippen molar-refractivity contribution in [3.05, 3.63) is 150 Å². The third-order valence-electron chi connectivity index (χ3n) is 7.78. The maximum atomic E-state index is 6.81. The molecule has 1 saturated heterocycles. The second-order valence-electron chi connectivity index (χ2n) is 10.9. The number of fused-ring (bicyclic) bond motifs is 1. The van der Waals surface area contributed by atoms with Crippen LogP contribution in [0.5, 0.6) is 0 Å². The van der Waals surface area contributed by atoms with Gasteiger partial charge in [0, 0.05) is 12.0 Å². The van der Waals surface area contributed by atoms with E-state index in [2.05, 4.69) is 78.9 Å². The molecule has 0 saturated carbocycles. The molecule has 0 aliphatic carbocycles. The van der Waals surface area contributed by atoms with E-state index >= 15 is 0 Å². The van der Waals surface area contributed by atoms with E-state index in [1.807, 2.05) is 54.6 Å². The Kier molecular flexibility index (Phi) is 10.7. The Morgan fingerprint density at radius 3 is 1.75 bits per heavy atom. The smallest absolute Gasteiger partial charge is 0.172 e. The summed E-state index contributed by atoms with van der Waals surface area (Å²) in [4.78, 5) is 1.12. The molecule has 0 unspecified atom stereocenters. The van der Waals surface area contributed by atoms with E-state index in [0.717, 1.165) is 21.6 Å². The highest BCUT2D eigenvalue weighted by Crippen LogP contribution is 2.39. The first-order chi connectivity index (χ1) is 21.8. The molecule has 0 amide bonds. The molecule has 0 radical (unpaired) electrons. The van der Waals surface area contributed by atoms with E-state index in [9.17, 15) is 0 Å². The number of methoxy groups -OCH3 is 1. The quantitative estimate of drug-likeness (QED) is 0.135. The molecule has 5 aromatic carbocycles. The first-order valence-corrected chi connectivity index (χ1v) is 15.9. The van der Waals surface area contributed by atoms with Gasteiger partial charge in [-0.25, -0.2) is 0 Å². The van der Waals surface area contributed by atoms with Crippen LogP contribution < -0.4 is 0 Å². The Bertz CT molecular complexity index is 1570. The summed E-state index contributed by atoms with van der Waals surface area (Å²) < 4.78 is 32.4. The molecule has 226 valence electrons. The summed E-state index contributed by atoms with van der Waals surface area (Å²) in [6.07, 6.45) is -1.69. The largest absolute Gasteiger partial charge is 0.374 e. The monoisotopic (exact) mass is 606 g/mol. The molecule has 5 aromatic rings. The van der Waals surface area contributed by atoms with Crippen LogP contribution in [0.4, 0.5) is 0 Å². The predicted molar refractivity (Wildman–Crippen MR) is 175 cm³/mol. The summed E-state index contributed by atoms with van der Waals surface area (Å²) in [5, 5.41) is 2.20. The van der Waals surface area contributed by atoms with Gasteiger partial charge in [0.05, 0.1) is 31.7 Å². The van der Waals surface area contributed by atoms with Crippen LogP contribution in [0.25, 0.3) is 10.8 Å². The molecule has 5 atom stereocenters. The number of hydrogen-bond donors (Lipinski definition) is 0. The molecule has 0 spiro atoms. The molecule has 1 aliphatic heterocycles. The molecule has 0 aromatic heterocycles. The highest BCUT2D eigenvalue weighted by atomic mass is 32.2. The third kappa shape index (κ3) is 7.96. The summed E-state index contributed by atoms with van der Waals surface area (Å²) >= 11 is 1.71. The van der Waals surface area contributed by atoms with Gasteiger partial charge in [0.1, 0.15) is 18.3 Å². The lowest BCUT2D eigenvalue weighted by Crippen LogP contribution is -2.59. The zero-order valence-electron chi connectivity index (χ0n) is 24.9. The summed E-state index contributed by atoms with van der Waals surface area (Å²) in [7, 11) is 1.69. The number of benzene rings is 5. The predicted octanol–water partition coefficient (Wildman–Crippen LogP) is 8.06. The highest BCUT2D eigenvalue weighted by molar-refractivity contribution is 8.00. The van der Waals surface area contributed by atoms with Gasteiger partial charge in [-0.3, -0.25) is 0 Å². The molecule has 5 nitrogen and oxygen atoms in total. The fourth-order valence-corrected chi connectivity index (χ4v) is 6.83. The molecular weight excluding hydrogens is 568 g/mol. The Morgan fingerprint density at radius 2 is 1.14 bits per heavy atom. The van der Waals surface area contributed by atoms with E-state index in [1.165, 1.54) is 10.8 Å². The number of hydrogen-bond acceptors (Lipinski definition) is 6. The highest BCUT2D eigenvalue weighted by Gasteiger charge is 2.48. The summed E-state index contributed by atoms with van der Waals surface area (Å²) in [6, 6.07) is 45.6. The number of rotatable bonds is 13. The van der Waals surface area contributed by atoms with Gasteiger partial charge in [0.2, 0.25) is 0 Å². The zero-order chi connectivity index (χ0) is 30.0. The van der Waals surface area contributed by atoms with E-state index in [0.29, 0.717) is 26.4 Å². The van der Waals surface area contributed by atoms with E-state index in [4.69, 9.17) is 23.7 Å². The van der Waals surface area contributed by atoms with Crippen molar-refractivity contribution in [3.63, 3.8) is 0 Å². The molecule has 44 heavy (non-hydrogen) atoms. The first-order valence-electron chi connectivity index (χ1n) is 15.0. The zero-order valence-corrected chi connectivity index (χ0v) is 25.7. The van der Waals surface area contributed by atoms with Gasteiger partial charge in [-0.1, -0.05) is 121 Å². The molecule has 0 N–H and O–H groups in total. The van der Waals surface area contributed by atoms with Crippen LogP contribution in [0.3, 0.4) is 0 Å². The van der Waals surface area contributed by atoms with Gasteiger partial charge in [-0.05, 0) is 39.6 Å². The van der Waals surface area contributed by atoms with Crippen LogP contribution in [0, 0.1) is 0 Å². The van der Waals surface area contributed by atoms with Gasteiger partial charge in [-0.2, -0.15) is 0 Å². The molecule has 6 heteroatoms. The number of ether oxygens (including phenoxy) is 5. The fraction of sp³-hybridized carbons (Fsp3) is 0.263. The van der Waals surface area contributed by atoms with Gasteiger partial charge in [0.25, 0.3) is 0 Å². The fourth-order valence-electron chi connectivity index (χ4n) is 5.52. The van der Waals surface area contributed by atoms with Gasteiger partial charge < -0.3 is 23.7 Å². The van der Waals surface area contributed by atoms with Crippen LogP contribution in [0.15, 0.2) is 138 Å². The molecule has 1 fully saturated rings. The Hall–Kier alpha value is -3.49. The lowest BCUT2D eigenvalue weighted by atomic mass is 10.00. The summed E-state index contributed by atoms with van der Waals surface area (Å²) in [5.74, 6) is 0.